The maximum Gasteiger partial charge on any atom is 0.341 e. The number of carbonyl (C=O) groups is 1. The fourth-order valence-corrected chi connectivity index (χ4v) is 2.95. The molecular weight excluding hydrogens is 338 g/mol. The first-order chi connectivity index (χ1) is 13.0. The molecule has 0 atom stereocenters. The molecule has 0 saturated carbocycles. The topological polar surface area (TPSA) is 54.5 Å². The van der Waals surface area contributed by atoms with E-state index in [4.69, 9.17) is 4.74 Å². The second kappa shape index (κ2) is 8.08. The summed E-state index contributed by atoms with van der Waals surface area (Å²) in [6, 6.07) is 14.2. The largest absolute Gasteiger partial charge is 0.462 e. The molecule has 0 fully saturated rings. The predicted molar refractivity (Wildman–Crippen MR) is 111 cm³/mol. The Balaban J connectivity index is 2.11. The van der Waals surface area contributed by atoms with Gasteiger partial charge in [-0.15, -0.1) is 0 Å². The van der Waals surface area contributed by atoms with Crippen molar-refractivity contribution in [2.45, 2.75) is 20.3 Å². The first kappa shape index (κ1) is 18.7. The third-order valence-corrected chi connectivity index (χ3v) is 4.49. The van der Waals surface area contributed by atoms with E-state index in [-0.39, 0.29) is 5.97 Å². The van der Waals surface area contributed by atoms with Crippen LogP contribution in [0.1, 0.15) is 29.8 Å². The Hall–Kier alpha value is -3.08. The molecule has 0 amide bonds. The van der Waals surface area contributed by atoms with Crippen molar-refractivity contribution >= 4 is 33.9 Å². The summed E-state index contributed by atoms with van der Waals surface area (Å²) in [5.41, 5.74) is 5.21. The Bertz CT molecular complexity index is 950. The Morgan fingerprint density at radius 2 is 1.85 bits per heavy atom. The summed E-state index contributed by atoms with van der Waals surface area (Å²) in [4.78, 5) is 19.0. The van der Waals surface area contributed by atoms with Gasteiger partial charge < -0.3 is 15.0 Å². The lowest BCUT2D eigenvalue weighted by Gasteiger charge is -2.16. The van der Waals surface area contributed by atoms with Crippen LogP contribution >= 0.6 is 0 Å². The number of pyridine rings is 1. The minimum Gasteiger partial charge on any atom is -0.462 e. The maximum absolute atomic E-state index is 12.5. The molecule has 0 aliphatic rings. The molecule has 1 heterocycles. The van der Waals surface area contributed by atoms with Gasteiger partial charge in [0.2, 0.25) is 0 Å². The average molecular weight is 363 g/mol. The molecule has 1 aromatic heterocycles. The van der Waals surface area contributed by atoms with Crippen molar-refractivity contribution in [3.05, 3.63) is 59.8 Å². The molecule has 0 unspecified atom stereocenters. The summed E-state index contributed by atoms with van der Waals surface area (Å²) >= 11 is 0. The molecule has 0 spiro atoms. The number of anilines is 3. The number of rotatable bonds is 6. The molecule has 0 saturated heterocycles. The third-order valence-electron chi connectivity index (χ3n) is 4.49. The van der Waals surface area contributed by atoms with E-state index < -0.39 is 0 Å². The zero-order valence-corrected chi connectivity index (χ0v) is 16.2. The van der Waals surface area contributed by atoms with E-state index in [0.29, 0.717) is 12.2 Å². The van der Waals surface area contributed by atoms with Gasteiger partial charge >= 0.3 is 5.97 Å². The number of hydrogen-bond acceptors (Lipinski definition) is 5. The second-order valence-corrected chi connectivity index (χ2v) is 6.54. The van der Waals surface area contributed by atoms with Gasteiger partial charge in [0.15, 0.2) is 0 Å². The zero-order chi connectivity index (χ0) is 19.4. The van der Waals surface area contributed by atoms with Crippen molar-refractivity contribution in [1.82, 2.24) is 4.98 Å². The van der Waals surface area contributed by atoms with E-state index in [1.165, 1.54) is 5.56 Å². The molecule has 1 N–H and O–H groups in total. The Morgan fingerprint density at radius 1 is 1.11 bits per heavy atom. The minimum atomic E-state index is -0.374. The van der Waals surface area contributed by atoms with E-state index in [9.17, 15) is 4.79 Å². The first-order valence-corrected chi connectivity index (χ1v) is 9.16. The monoisotopic (exact) mass is 363 g/mol. The number of esters is 1. The molecule has 0 bridgehead atoms. The van der Waals surface area contributed by atoms with Crippen LogP contribution in [0.3, 0.4) is 0 Å². The van der Waals surface area contributed by atoms with Crippen LogP contribution in [0.15, 0.2) is 48.7 Å². The van der Waals surface area contributed by atoms with Gasteiger partial charge in [-0.1, -0.05) is 13.0 Å². The van der Waals surface area contributed by atoms with Crippen LogP contribution in [0.5, 0.6) is 0 Å². The van der Waals surface area contributed by atoms with Crippen LogP contribution in [0.2, 0.25) is 0 Å². The Labute approximate surface area is 160 Å². The fourth-order valence-electron chi connectivity index (χ4n) is 2.95. The number of aryl methyl sites for hydroxylation is 1. The molecular formula is C22H25N3O2. The van der Waals surface area contributed by atoms with Gasteiger partial charge in [-0.05, 0) is 55.3 Å². The predicted octanol–water partition coefficient (Wildman–Crippen LogP) is 4.78. The highest BCUT2D eigenvalue weighted by Gasteiger charge is 2.17. The van der Waals surface area contributed by atoms with Gasteiger partial charge in [-0.2, -0.15) is 0 Å². The van der Waals surface area contributed by atoms with Crippen LogP contribution in [-0.4, -0.2) is 31.7 Å². The van der Waals surface area contributed by atoms with Gasteiger partial charge in [0.05, 0.1) is 17.8 Å². The summed E-state index contributed by atoms with van der Waals surface area (Å²) in [6.07, 6.45) is 2.50. The van der Waals surface area contributed by atoms with Gasteiger partial charge in [0, 0.05) is 37.1 Å². The van der Waals surface area contributed by atoms with Crippen molar-refractivity contribution in [2.75, 3.05) is 30.9 Å². The lowest BCUT2D eigenvalue weighted by Crippen LogP contribution is -2.10. The number of fused-ring (bicyclic) bond motifs is 1. The quantitative estimate of drug-likeness (QED) is 0.639. The van der Waals surface area contributed by atoms with Crippen molar-refractivity contribution in [2.24, 2.45) is 0 Å². The summed E-state index contributed by atoms with van der Waals surface area (Å²) in [5.74, 6) is -0.374. The van der Waals surface area contributed by atoms with Crippen molar-refractivity contribution in [1.29, 1.82) is 0 Å². The highest BCUT2D eigenvalue weighted by atomic mass is 16.5. The summed E-state index contributed by atoms with van der Waals surface area (Å²) in [6.45, 7) is 4.23. The first-order valence-electron chi connectivity index (χ1n) is 9.16. The molecule has 0 aliphatic carbocycles. The number of ether oxygens (including phenoxy) is 1. The van der Waals surface area contributed by atoms with E-state index in [1.807, 2.05) is 49.3 Å². The van der Waals surface area contributed by atoms with Gasteiger partial charge in [-0.3, -0.25) is 4.98 Å². The molecule has 5 heteroatoms. The van der Waals surface area contributed by atoms with Gasteiger partial charge in [-0.25, -0.2) is 4.79 Å². The fraction of sp³-hybridized carbons (Fsp3) is 0.273. The molecule has 0 radical (unpaired) electrons. The highest BCUT2D eigenvalue weighted by molar-refractivity contribution is 6.06. The Morgan fingerprint density at radius 3 is 2.48 bits per heavy atom. The van der Waals surface area contributed by atoms with E-state index >= 15 is 0 Å². The number of aromatic nitrogens is 1. The van der Waals surface area contributed by atoms with Crippen LogP contribution in [0.4, 0.5) is 17.1 Å². The van der Waals surface area contributed by atoms with Crippen molar-refractivity contribution in [3.8, 4) is 0 Å². The van der Waals surface area contributed by atoms with Gasteiger partial charge in [0.1, 0.15) is 5.56 Å². The number of nitrogens with zero attached hydrogens (tertiary/aromatic N) is 2. The standard InChI is InChI=1S/C22H25N3O2/c1-5-15-7-12-20-18(13-15)21(19(14-23-20)22(26)27-6-2)24-16-8-10-17(11-9-16)25(3)4/h7-14H,5-6H2,1-4H3,(H,23,24). The number of nitrogens with one attached hydrogen (secondary N) is 1. The zero-order valence-electron chi connectivity index (χ0n) is 16.2. The van der Waals surface area contributed by atoms with Crippen LogP contribution in [0.25, 0.3) is 10.9 Å². The van der Waals surface area contributed by atoms with Crippen LogP contribution < -0.4 is 10.2 Å². The lowest BCUT2D eigenvalue weighted by atomic mass is 10.0. The SMILES string of the molecule is CCOC(=O)c1cnc2ccc(CC)cc2c1Nc1ccc(N(C)C)cc1. The highest BCUT2D eigenvalue weighted by Crippen LogP contribution is 2.31. The van der Waals surface area contributed by atoms with Crippen LogP contribution in [-0.2, 0) is 11.2 Å². The molecule has 27 heavy (non-hydrogen) atoms. The summed E-state index contributed by atoms with van der Waals surface area (Å²) in [5, 5.41) is 4.33. The van der Waals surface area contributed by atoms with Crippen LogP contribution in [0, 0.1) is 0 Å². The van der Waals surface area contributed by atoms with Crippen molar-refractivity contribution in [3.63, 3.8) is 0 Å². The smallest absolute Gasteiger partial charge is 0.341 e. The van der Waals surface area contributed by atoms with E-state index in [0.717, 1.165) is 34.4 Å². The number of benzene rings is 2. The molecule has 3 aromatic rings. The van der Waals surface area contributed by atoms with Crippen molar-refractivity contribution < 1.29 is 9.53 Å². The van der Waals surface area contributed by atoms with Gasteiger partial charge in [0.25, 0.3) is 0 Å². The molecule has 3 rings (SSSR count). The molecule has 2 aromatic carbocycles. The molecule has 0 aliphatic heterocycles. The molecule has 140 valence electrons. The second-order valence-electron chi connectivity index (χ2n) is 6.54. The summed E-state index contributed by atoms with van der Waals surface area (Å²) in [7, 11) is 4.01. The van der Waals surface area contributed by atoms with E-state index in [2.05, 4.69) is 29.4 Å². The normalized spacial score (nSPS) is 10.7. The number of carbonyl (C=O) groups excluding carboxylic acids is 1. The number of hydrogen-bond donors (Lipinski definition) is 1. The summed E-state index contributed by atoms with van der Waals surface area (Å²) < 4.78 is 5.24. The average Bonchev–Trinajstić information content (AvgIpc) is 2.68. The van der Waals surface area contributed by atoms with E-state index in [1.54, 1.807) is 13.1 Å². The maximum atomic E-state index is 12.5. The minimum absolute atomic E-state index is 0.322. The molecule has 5 nitrogen and oxygen atoms in total. The lowest BCUT2D eigenvalue weighted by molar-refractivity contribution is 0.0527. The Kier molecular flexibility index (Phi) is 5.60. The third kappa shape index (κ3) is 4.03.